The fraction of sp³-hybridized carbons (Fsp3) is 0.625. The fourth-order valence-corrected chi connectivity index (χ4v) is 3.55. The zero-order valence-electron chi connectivity index (χ0n) is 13.6. The van der Waals surface area contributed by atoms with Gasteiger partial charge in [-0.1, -0.05) is 0 Å². The minimum atomic E-state index is 0.605. The molecule has 0 radical (unpaired) electrons. The van der Waals surface area contributed by atoms with E-state index in [0.717, 1.165) is 23.4 Å². The van der Waals surface area contributed by atoms with Crippen LogP contribution in [-0.4, -0.2) is 39.1 Å². The highest BCUT2D eigenvalue weighted by Crippen LogP contribution is 2.31. The third kappa shape index (κ3) is 2.20. The largest absolute Gasteiger partial charge is 0.383 e. The van der Waals surface area contributed by atoms with Crippen molar-refractivity contribution in [3.05, 3.63) is 17.1 Å². The van der Waals surface area contributed by atoms with E-state index in [1.165, 1.54) is 24.2 Å². The van der Waals surface area contributed by atoms with Gasteiger partial charge in [-0.2, -0.15) is 0 Å². The summed E-state index contributed by atoms with van der Waals surface area (Å²) in [6.45, 7) is 10.7. The van der Waals surface area contributed by atoms with Crippen molar-refractivity contribution in [3.63, 3.8) is 0 Å². The van der Waals surface area contributed by atoms with Gasteiger partial charge in [0.1, 0.15) is 17.3 Å². The minimum Gasteiger partial charge on any atom is -0.383 e. The summed E-state index contributed by atoms with van der Waals surface area (Å²) in [6, 6.07) is 0.613. The van der Waals surface area contributed by atoms with Gasteiger partial charge in [0, 0.05) is 18.3 Å². The van der Waals surface area contributed by atoms with Crippen molar-refractivity contribution in [1.82, 2.24) is 19.4 Å². The first-order valence-electron chi connectivity index (χ1n) is 7.70. The third-order valence-electron chi connectivity index (χ3n) is 5.26. The molecule has 2 N–H and O–H groups in total. The summed E-state index contributed by atoms with van der Waals surface area (Å²) in [5.41, 5.74) is 9.59. The molecule has 1 fully saturated rings. The van der Waals surface area contributed by atoms with Gasteiger partial charge in [-0.15, -0.1) is 0 Å². The number of aryl methyl sites for hydroxylation is 2. The molecule has 1 saturated heterocycles. The van der Waals surface area contributed by atoms with E-state index < -0.39 is 0 Å². The number of anilines is 1. The normalized spacial score (nSPS) is 23.3. The highest BCUT2D eigenvalue weighted by atomic mass is 15.2. The number of nitrogens with zero attached hydrogens (tertiary/aromatic N) is 4. The Hall–Kier alpha value is -1.62. The molecule has 1 aliphatic rings. The second kappa shape index (κ2) is 4.98. The Kier molecular flexibility index (Phi) is 3.40. The lowest BCUT2D eigenvalue weighted by atomic mass is 10.0. The number of rotatable bonds is 2. The van der Waals surface area contributed by atoms with Gasteiger partial charge in [0.25, 0.3) is 0 Å². The van der Waals surface area contributed by atoms with Crippen LogP contribution in [0.15, 0.2) is 0 Å². The van der Waals surface area contributed by atoms with Gasteiger partial charge in [0.05, 0.1) is 5.39 Å². The molecule has 0 aromatic carbocycles. The van der Waals surface area contributed by atoms with E-state index in [1.54, 1.807) is 0 Å². The van der Waals surface area contributed by atoms with Crippen LogP contribution in [0.3, 0.4) is 0 Å². The maximum absolute atomic E-state index is 6.12. The SMILES string of the molecule is Cc1nc(N)c2c(C)c(C)n(CC3CCN(C)C3C)c2n1. The molecule has 3 heterocycles. The van der Waals surface area contributed by atoms with Gasteiger partial charge in [-0.05, 0) is 59.2 Å². The molecule has 5 heteroatoms. The lowest BCUT2D eigenvalue weighted by molar-refractivity contribution is 0.277. The Morgan fingerprint density at radius 3 is 2.57 bits per heavy atom. The lowest BCUT2D eigenvalue weighted by Crippen LogP contribution is -2.28. The zero-order valence-corrected chi connectivity index (χ0v) is 13.6. The predicted molar refractivity (Wildman–Crippen MR) is 86.4 cm³/mol. The molecule has 0 spiro atoms. The summed E-state index contributed by atoms with van der Waals surface area (Å²) in [5, 5.41) is 1.03. The highest BCUT2D eigenvalue weighted by molar-refractivity contribution is 5.91. The molecule has 0 saturated carbocycles. The molecule has 3 rings (SSSR count). The molecule has 0 amide bonds. The van der Waals surface area contributed by atoms with Crippen LogP contribution >= 0.6 is 0 Å². The first-order chi connectivity index (χ1) is 9.90. The van der Waals surface area contributed by atoms with Gasteiger partial charge in [-0.3, -0.25) is 0 Å². The number of hydrogen-bond acceptors (Lipinski definition) is 4. The number of aromatic nitrogens is 3. The Morgan fingerprint density at radius 2 is 1.95 bits per heavy atom. The topological polar surface area (TPSA) is 60.0 Å². The van der Waals surface area contributed by atoms with Crippen molar-refractivity contribution in [2.24, 2.45) is 5.92 Å². The molecule has 2 atom stereocenters. The average molecular weight is 287 g/mol. The Morgan fingerprint density at radius 1 is 1.24 bits per heavy atom. The summed E-state index contributed by atoms with van der Waals surface area (Å²) in [6.07, 6.45) is 1.25. The number of fused-ring (bicyclic) bond motifs is 1. The molecular weight excluding hydrogens is 262 g/mol. The maximum Gasteiger partial charge on any atom is 0.146 e. The molecule has 2 aromatic rings. The number of nitrogen functional groups attached to an aromatic ring is 1. The molecular formula is C16H25N5. The van der Waals surface area contributed by atoms with E-state index in [9.17, 15) is 0 Å². The summed E-state index contributed by atoms with van der Waals surface area (Å²) < 4.78 is 2.34. The lowest BCUT2D eigenvalue weighted by Gasteiger charge is -2.22. The van der Waals surface area contributed by atoms with E-state index in [1.807, 2.05) is 6.92 Å². The van der Waals surface area contributed by atoms with E-state index >= 15 is 0 Å². The highest BCUT2D eigenvalue weighted by Gasteiger charge is 2.29. The van der Waals surface area contributed by atoms with E-state index in [4.69, 9.17) is 5.73 Å². The van der Waals surface area contributed by atoms with E-state index in [-0.39, 0.29) is 0 Å². The Bertz CT molecular complexity index is 688. The maximum atomic E-state index is 6.12. The predicted octanol–water partition coefficient (Wildman–Crippen LogP) is 2.28. The van der Waals surface area contributed by atoms with Crippen molar-refractivity contribution in [2.75, 3.05) is 19.3 Å². The molecule has 0 aliphatic carbocycles. The first kappa shape index (κ1) is 14.3. The van der Waals surface area contributed by atoms with Gasteiger partial charge in [0.15, 0.2) is 0 Å². The average Bonchev–Trinajstić information content (AvgIpc) is 2.85. The molecule has 2 unspecified atom stereocenters. The van der Waals surface area contributed by atoms with Crippen LogP contribution in [0, 0.1) is 26.7 Å². The van der Waals surface area contributed by atoms with Crippen LogP contribution in [0.25, 0.3) is 11.0 Å². The molecule has 114 valence electrons. The molecule has 5 nitrogen and oxygen atoms in total. The third-order valence-corrected chi connectivity index (χ3v) is 5.26. The van der Waals surface area contributed by atoms with Crippen LogP contribution < -0.4 is 5.73 Å². The van der Waals surface area contributed by atoms with E-state index in [0.29, 0.717) is 17.8 Å². The smallest absolute Gasteiger partial charge is 0.146 e. The van der Waals surface area contributed by atoms with Crippen molar-refractivity contribution in [3.8, 4) is 0 Å². The second-order valence-corrected chi connectivity index (χ2v) is 6.45. The molecule has 2 aromatic heterocycles. The van der Waals surface area contributed by atoms with Gasteiger partial charge in [-0.25, -0.2) is 9.97 Å². The van der Waals surface area contributed by atoms with Crippen LogP contribution in [0.2, 0.25) is 0 Å². The van der Waals surface area contributed by atoms with Crippen LogP contribution in [0.1, 0.15) is 30.4 Å². The Balaban J connectivity index is 2.08. The molecule has 0 bridgehead atoms. The Labute approximate surface area is 126 Å². The molecule has 21 heavy (non-hydrogen) atoms. The van der Waals surface area contributed by atoms with Crippen molar-refractivity contribution in [1.29, 1.82) is 0 Å². The standard InChI is InChI=1S/C16H25N5/c1-9-10(2)21(8-13-6-7-20(5)11(13)3)16-14(9)15(17)18-12(4)19-16/h11,13H,6-8H2,1-5H3,(H2,17,18,19). The summed E-state index contributed by atoms with van der Waals surface area (Å²) in [5.74, 6) is 2.02. The monoisotopic (exact) mass is 287 g/mol. The summed E-state index contributed by atoms with van der Waals surface area (Å²) in [4.78, 5) is 11.4. The fourth-order valence-electron chi connectivity index (χ4n) is 3.55. The van der Waals surface area contributed by atoms with Gasteiger partial charge >= 0.3 is 0 Å². The van der Waals surface area contributed by atoms with Crippen molar-refractivity contribution >= 4 is 16.9 Å². The summed E-state index contributed by atoms with van der Waals surface area (Å²) >= 11 is 0. The van der Waals surface area contributed by atoms with Crippen molar-refractivity contribution < 1.29 is 0 Å². The quantitative estimate of drug-likeness (QED) is 0.920. The number of likely N-dealkylation sites (tertiary alicyclic amines) is 1. The van der Waals surface area contributed by atoms with Crippen LogP contribution in [-0.2, 0) is 6.54 Å². The van der Waals surface area contributed by atoms with Crippen LogP contribution in [0.5, 0.6) is 0 Å². The number of hydrogen-bond donors (Lipinski definition) is 1. The first-order valence-corrected chi connectivity index (χ1v) is 7.70. The minimum absolute atomic E-state index is 0.605. The zero-order chi connectivity index (χ0) is 15.3. The van der Waals surface area contributed by atoms with Crippen LogP contribution in [0.4, 0.5) is 5.82 Å². The molecule has 1 aliphatic heterocycles. The second-order valence-electron chi connectivity index (χ2n) is 6.45. The summed E-state index contributed by atoms with van der Waals surface area (Å²) in [7, 11) is 2.21. The van der Waals surface area contributed by atoms with Gasteiger partial charge in [0.2, 0.25) is 0 Å². The van der Waals surface area contributed by atoms with E-state index in [2.05, 4.69) is 47.3 Å². The van der Waals surface area contributed by atoms with Gasteiger partial charge < -0.3 is 15.2 Å². The number of nitrogens with two attached hydrogens (primary N) is 1. The van der Waals surface area contributed by atoms with Crippen molar-refractivity contribution in [2.45, 2.75) is 46.7 Å².